The maximum Gasteiger partial charge on any atom is 0.343 e. The van der Waals surface area contributed by atoms with E-state index < -0.39 is 23.2 Å². The van der Waals surface area contributed by atoms with E-state index in [4.69, 9.17) is 14.7 Å². The molecule has 3 rings (SSSR count). The zero-order valence-electron chi connectivity index (χ0n) is 18.4. The fraction of sp³-hybridized carbons (Fsp3) is 0.462. The van der Waals surface area contributed by atoms with Gasteiger partial charge in [-0.2, -0.15) is 5.26 Å². The van der Waals surface area contributed by atoms with Gasteiger partial charge in [-0.25, -0.2) is 13.6 Å². The molecule has 0 bridgehead atoms. The molecule has 0 spiro atoms. The molecule has 0 heterocycles. The van der Waals surface area contributed by atoms with Gasteiger partial charge < -0.3 is 9.47 Å². The summed E-state index contributed by atoms with van der Waals surface area (Å²) in [5.74, 6) is -1.11. The summed E-state index contributed by atoms with van der Waals surface area (Å²) in [6, 6.07) is 9.54. The number of nitrogens with zero attached hydrogens (tertiary/aromatic N) is 1. The Labute approximate surface area is 188 Å². The summed E-state index contributed by atoms with van der Waals surface area (Å²) >= 11 is 0. The van der Waals surface area contributed by atoms with Crippen molar-refractivity contribution in [2.45, 2.75) is 58.3 Å². The first-order valence-electron chi connectivity index (χ1n) is 11.3. The summed E-state index contributed by atoms with van der Waals surface area (Å²) in [5.41, 5.74) is -0.480. The van der Waals surface area contributed by atoms with Crippen molar-refractivity contribution in [3.8, 4) is 17.6 Å². The van der Waals surface area contributed by atoms with Gasteiger partial charge in [0.25, 0.3) is 0 Å². The third-order valence-electron chi connectivity index (χ3n) is 6.10. The lowest BCUT2D eigenvalue weighted by Crippen LogP contribution is -2.20. The Bertz CT molecular complexity index is 922. The van der Waals surface area contributed by atoms with Crippen LogP contribution >= 0.6 is 0 Å². The van der Waals surface area contributed by atoms with E-state index in [1.807, 2.05) is 0 Å². The van der Waals surface area contributed by atoms with Gasteiger partial charge in [-0.1, -0.05) is 45.4 Å². The molecule has 0 atom stereocenters. The third-order valence-corrected chi connectivity index (χ3v) is 6.10. The Morgan fingerprint density at radius 1 is 1.00 bits per heavy atom. The third kappa shape index (κ3) is 6.53. The van der Waals surface area contributed by atoms with Gasteiger partial charge in [0.05, 0.1) is 12.2 Å². The fourth-order valence-corrected chi connectivity index (χ4v) is 4.15. The Balaban J connectivity index is 1.46. The Morgan fingerprint density at radius 3 is 2.22 bits per heavy atom. The van der Waals surface area contributed by atoms with Gasteiger partial charge in [-0.3, -0.25) is 0 Å². The second-order valence-electron chi connectivity index (χ2n) is 8.48. The first kappa shape index (κ1) is 23.7. The average molecular weight is 442 g/mol. The van der Waals surface area contributed by atoms with Crippen LogP contribution in [0.4, 0.5) is 8.78 Å². The van der Waals surface area contributed by atoms with Crippen LogP contribution in [0.15, 0.2) is 36.4 Å². The maximum absolute atomic E-state index is 13.7. The van der Waals surface area contributed by atoms with Crippen LogP contribution in [0.3, 0.4) is 0 Å². The number of nitriles is 1. The molecule has 0 N–H and O–H groups in total. The number of halogens is 2. The topological polar surface area (TPSA) is 59.3 Å². The summed E-state index contributed by atoms with van der Waals surface area (Å²) in [6.45, 7) is 2.90. The van der Waals surface area contributed by atoms with Crippen LogP contribution in [0.25, 0.3) is 0 Å². The lowest BCUT2D eigenvalue weighted by atomic mass is 9.80. The highest BCUT2D eigenvalue weighted by molar-refractivity contribution is 5.91. The van der Waals surface area contributed by atoms with Crippen LogP contribution in [-0.4, -0.2) is 12.6 Å². The number of hydrogen-bond donors (Lipinski definition) is 0. The summed E-state index contributed by atoms with van der Waals surface area (Å²) in [5, 5.41) is 8.70. The van der Waals surface area contributed by atoms with Crippen molar-refractivity contribution in [1.82, 2.24) is 0 Å². The molecule has 1 aliphatic carbocycles. The molecule has 1 fully saturated rings. The second-order valence-corrected chi connectivity index (χ2v) is 8.48. The van der Waals surface area contributed by atoms with Crippen LogP contribution < -0.4 is 9.47 Å². The van der Waals surface area contributed by atoms with Crippen molar-refractivity contribution in [3.63, 3.8) is 0 Å². The van der Waals surface area contributed by atoms with Crippen LogP contribution in [-0.2, 0) is 0 Å². The number of carbonyl (C=O) groups excluding carboxylic acids is 1. The minimum absolute atomic E-state index is 0.232. The van der Waals surface area contributed by atoms with Crippen molar-refractivity contribution in [2.24, 2.45) is 11.8 Å². The molecule has 2 aromatic carbocycles. The van der Waals surface area contributed by atoms with E-state index >= 15 is 0 Å². The fourth-order valence-electron chi connectivity index (χ4n) is 4.15. The van der Waals surface area contributed by atoms with Gasteiger partial charge in [-0.15, -0.1) is 0 Å². The SMILES string of the molecule is CCCCCC1CCC(COc2ccc(C(=O)Oc3cc(F)c(C#N)c(F)c3)cc2)CC1. The molecular weight excluding hydrogens is 412 g/mol. The highest BCUT2D eigenvalue weighted by Crippen LogP contribution is 2.32. The predicted molar refractivity (Wildman–Crippen MR) is 118 cm³/mol. The molecular formula is C26H29F2NO3. The quantitative estimate of drug-likeness (QED) is 0.243. The smallest absolute Gasteiger partial charge is 0.343 e. The van der Waals surface area contributed by atoms with Crippen molar-refractivity contribution < 1.29 is 23.0 Å². The van der Waals surface area contributed by atoms with E-state index in [0.29, 0.717) is 18.3 Å². The zero-order chi connectivity index (χ0) is 22.9. The first-order valence-corrected chi connectivity index (χ1v) is 11.3. The lowest BCUT2D eigenvalue weighted by Gasteiger charge is -2.28. The monoisotopic (exact) mass is 441 g/mol. The van der Waals surface area contributed by atoms with Crippen LogP contribution in [0.1, 0.15) is 74.2 Å². The largest absolute Gasteiger partial charge is 0.493 e. The van der Waals surface area contributed by atoms with Crippen molar-refractivity contribution >= 4 is 5.97 Å². The Morgan fingerprint density at radius 2 is 1.62 bits per heavy atom. The van der Waals surface area contributed by atoms with Crippen molar-refractivity contribution in [2.75, 3.05) is 6.61 Å². The van der Waals surface area contributed by atoms with E-state index in [1.165, 1.54) is 57.4 Å². The van der Waals surface area contributed by atoms with Crippen molar-refractivity contribution in [1.29, 1.82) is 5.26 Å². The van der Waals surface area contributed by atoms with Gasteiger partial charge in [0.15, 0.2) is 0 Å². The highest BCUT2D eigenvalue weighted by Gasteiger charge is 2.21. The molecule has 32 heavy (non-hydrogen) atoms. The van der Waals surface area contributed by atoms with E-state index in [9.17, 15) is 13.6 Å². The van der Waals surface area contributed by atoms with E-state index in [-0.39, 0.29) is 11.3 Å². The van der Waals surface area contributed by atoms with Gasteiger partial charge >= 0.3 is 5.97 Å². The standard InChI is InChI=1S/C26H29F2NO3/c1-2-3-4-5-18-6-8-19(9-7-18)17-31-21-12-10-20(11-13-21)26(30)32-22-14-24(27)23(16-29)25(28)15-22/h10-15,18-19H,2-9,17H2,1H3. The Hall–Kier alpha value is -2.94. The lowest BCUT2D eigenvalue weighted by molar-refractivity contribution is 0.0734. The van der Waals surface area contributed by atoms with Gasteiger partial charge in [0.1, 0.15) is 34.8 Å². The summed E-state index contributed by atoms with van der Waals surface area (Å²) in [6.07, 6.45) is 10.2. The van der Waals surface area contributed by atoms with Gasteiger partial charge in [-0.05, 0) is 48.9 Å². The number of esters is 1. The first-order chi connectivity index (χ1) is 15.5. The molecule has 0 unspecified atom stereocenters. The zero-order valence-corrected chi connectivity index (χ0v) is 18.4. The molecule has 0 aliphatic heterocycles. The van der Waals surface area contributed by atoms with E-state index in [2.05, 4.69) is 6.92 Å². The normalized spacial score (nSPS) is 18.1. The molecule has 1 saturated carbocycles. The number of hydrogen-bond acceptors (Lipinski definition) is 4. The maximum atomic E-state index is 13.7. The predicted octanol–water partition coefficient (Wildman–Crippen LogP) is 6.82. The van der Waals surface area contributed by atoms with Crippen molar-refractivity contribution in [3.05, 3.63) is 59.2 Å². The number of benzene rings is 2. The highest BCUT2D eigenvalue weighted by atomic mass is 19.1. The summed E-state index contributed by atoms with van der Waals surface area (Å²) in [7, 11) is 0. The number of rotatable bonds is 9. The minimum Gasteiger partial charge on any atom is -0.493 e. The molecule has 0 amide bonds. The molecule has 1 aliphatic rings. The summed E-state index contributed by atoms with van der Waals surface area (Å²) in [4.78, 5) is 12.3. The van der Waals surface area contributed by atoms with E-state index in [0.717, 1.165) is 18.1 Å². The minimum atomic E-state index is -1.07. The Kier molecular flexibility index (Phi) is 8.61. The van der Waals surface area contributed by atoms with Crippen LogP contribution in [0.2, 0.25) is 0 Å². The number of ether oxygens (including phenoxy) is 2. The summed E-state index contributed by atoms with van der Waals surface area (Å²) < 4.78 is 38.3. The molecule has 0 radical (unpaired) electrons. The van der Waals surface area contributed by atoms with Gasteiger partial charge in [0.2, 0.25) is 0 Å². The number of carbonyl (C=O) groups is 1. The molecule has 0 saturated heterocycles. The average Bonchev–Trinajstić information content (AvgIpc) is 2.79. The molecule has 2 aromatic rings. The second kappa shape index (κ2) is 11.6. The number of unbranched alkanes of at least 4 members (excludes halogenated alkanes) is 2. The van der Waals surface area contributed by atoms with Crippen LogP contribution in [0.5, 0.6) is 11.5 Å². The molecule has 6 heteroatoms. The van der Waals surface area contributed by atoms with E-state index in [1.54, 1.807) is 24.3 Å². The molecule has 170 valence electrons. The molecule has 0 aromatic heterocycles. The molecule has 4 nitrogen and oxygen atoms in total. The van der Waals surface area contributed by atoms with Crippen LogP contribution in [0, 0.1) is 34.8 Å². The van der Waals surface area contributed by atoms with Gasteiger partial charge in [0, 0.05) is 12.1 Å².